The predicted octanol–water partition coefficient (Wildman–Crippen LogP) is 5.23. The van der Waals surface area contributed by atoms with Crippen molar-refractivity contribution in [3.63, 3.8) is 0 Å². The first-order valence-corrected chi connectivity index (χ1v) is 10.3. The smallest absolute Gasteiger partial charge is 0.303 e. The van der Waals surface area contributed by atoms with Crippen molar-refractivity contribution in [2.45, 2.75) is 97.2 Å². The van der Waals surface area contributed by atoms with Crippen LogP contribution in [0.2, 0.25) is 0 Å². The van der Waals surface area contributed by atoms with E-state index in [0.29, 0.717) is 24.5 Å². The largest absolute Gasteiger partial charge is 0.481 e. The second-order valence-electron chi connectivity index (χ2n) is 7.10. The molecule has 150 valence electrons. The zero-order valence-corrected chi connectivity index (χ0v) is 16.5. The maximum absolute atomic E-state index is 11.6. The summed E-state index contributed by atoms with van der Waals surface area (Å²) in [5.41, 5.74) is 0. The Balaban J connectivity index is 0.000000597. The summed E-state index contributed by atoms with van der Waals surface area (Å²) >= 11 is 0. The number of hydrogen-bond acceptors (Lipinski definition) is 4. The summed E-state index contributed by atoms with van der Waals surface area (Å²) in [6, 6.07) is 0. The van der Waals surface area contributed by atoms with Crippen LogP contribution in [0.4, 0.5) is 0 Å². The summed E-state index contributed by atoms with van der Waals surface area (Å²) in [5, 5.41) is 7.72. The highest BCUT2D eigenvalue weighted by molar-refractivity contribution is 5.81. The van der Waals surface area contributed by atoms with Gasteiger partial charge >= 0.3 is 5.97 Å². The average molecular weight is 369 g/mol. The zero-order valence-electron chi connectivity index (χ0n) is 16.5. The van der Waals surface area contributed by atoms with Crippen LogP contribution in [-0.4, -0.2) is 29.8 Å². The number of carbonyl (C=O) groups is 2. The Labute approximate surface area is 158 Å². The van der Waals surface area contributed by atoms with E-state index in [-0.39, 0.29) is 12.7 Å². The van der Waals surface area contributed by atoms with E-state index in [1.54, 1.807) is 6.92 Å². The Morgan fingerprint density at radius 1 is 1.23 bits per heavy atom. The standard InChI is InChI=1S/C18H30O3.C3H6O2/c1-2-3-4-5-6-9-17(15-11-12-16(19)14-15)21-18-10-7-8-13-20-18;1-2-3(4)5/h9,15,18H,2-8,10-14H2,1H3;2H2,1H3,(H,4,5). The number of unbranched alkanes of at least 4 members (excludes halogenated alkanes) is 4. The molecule has 5 nitrogen and oxygen atoms in total. The van der Waals surface area contributed by atoms with Crippen molar-refractivity contribution in [2.75, 3.05) is 6.61 Å². The minimum absolute atomic E-state index is 0.0867. The topological polar surface area (TPSA) is 72.8 Å². The van der Waals surface area contributed by atoms with Crippen molar-refractivity contribution in [1.29, 1.82) is 0 Å². The SMILES string of the molecule is CCC(=O)O.CCCCCCC=C(OC1CCCCO1)C1CCC(=O)C1. The number of allylic oxidation sites excluding steroid dienone is 2. The van der Waals surface area contributed by atoms with Crippen LogP contribution in [0.3, 0.4) is 0 Å². The molecular formula is C21H36O5. The average Bonchev–Trinajstić information content (AvgIpc) is 3.08. The fourth-order valence-corrected chi connectivity index (χ4v) is 3.14. The molecule has 26 heavy (non-hydrogen) atoms. The molecular weight excluding hydrogens is 332 g/mol. The van der Waals surface area contributed by atoms with E-state index in [9.17, 15) is 9.59 Å². The van der Waals surface area contributed by atoms with Crippen LogP contribution in [0.25, 0.3) is 0 Å². The summed E-state index contributed by atoms with van der Waals surface area (Å²) in [6.07, 6.45) is 14.1. The summed E-state index contributed by atoms with van der Waals surface area (Å²) in [6.45, 7) is 4.63. The number of hydrogen-bond donors (Lipinski definition) is 1. The Bertz CT molecular complexity index is 438. The second-order valence-corrected chi connectivity index (χ2v) is 7.10. The van der Waals surface area contributed by atoms with E-state index in [2.05, 4.69) is 13.0 Å². The lowest BCUT2D eigenvalue weighted by Gasteiger charge is -2.27. The van der Waals surface area contributed by atoms with Crippen molar-refractivity contribution in [3.05, 3.63) is 11.8 Å². The van der Waals surface area contributed by atoms with E-state index in [1.807, 2.05) is 0 Å². The van der Waals surface area contributed by atoms with Crippen molar-refractivity contribution in [1.82, 2.24) is 0 Å². The molecule has 0 aromatic carbocycles. The Hall–Kier alpha value is -1.36. The van der Waals surface area contributed by atoms with Crippen LogP contribution in [0.15, 0.2) is 11.8 Å². The van der Waals surface area contributed by atoms with Crippen molar-refractivity contribution in [2.24, 2.45) is 5.92 Å². The van der Waals surface area contributed by atoms with Gasteiger partial charge in [-0.2, -0.15) is 0 Å². The number of Topliss-reactive ketones (excluding diaryl/α,β-unsaturated/α-hetero) is 1. The minimum atomic E-state index is -0.745. The van der Waals surface area contributed by atoms with Gasteiger partial charge in [-0.15, -0.1) is 0 Å². The maximum Gasteiger partial charge on any atom is 0.303 e. The van der Waals surface area contributed by atoms with Gasteiger partial charge in [0.25, 0.3) is 0 Å². The van der Waals surface area contributed by atoms with E-state index >= 15 is 0 Å². The molecule has 1 heterocycles. The normalized spacial score (nSPS) is 23.3. The van der Waals surface area contributed by atoms with Gasteiger partial charge in [0.15, 0.2) is 6.29 Å². The lowest BCUT2D eigenvalue weighted by Crippen LogP contribution is -2.23. The monoisotopic (exact) mass is 368 g/mol. The summed E-state index contributed by atoms with van der Waals surface area (Å²) in [7, 11) is 0. The Morgan fingerprint density at radius 2 is 2.00 bits per heavy atom. The highest BCUT2D eigenvalue weighted by atomic mass is 16.7. The van der Waals surface area contributed by atoms with Gasteiger partial charge in [0.2, 0.25) is 0 Å². The molecule has 0 spiro atoms. The number of ether oxygens (including phenoxy) is 2. The highest BCUT2D eigenvalue weighted by Gasteiger charge is 2.28. The molecule has 5 heteroatoms. The van der Waals surface area contributed by atoms with Crippen LogP contribution in [-0.2, 0) is 19.1 Å². The second kappa shape index (κ2) is 13.8. The first-order valence-electron chi connectivity index (χ1n) is 10.3. The van der Waals surface area contributed by atoms with Crippen molar-refractivity contribution >= 4 is 11.8 Å². The fourth-order valence-electron chi connectivity index (χ4n) is 3.14. The van der Waals surface area contributed by atoms with Crippen LogP contribution < -0.4 is 0 Å². The Kier molecular flexibility index (Phi) is 12.0. The quantitative estimate of drug-likeness (QED) is 0.445. The van der Waals surface area contributed by atoms with E-state index in [4.69, 9.17) is 14.6 Å². The zero-order chi connectivity index (χ0) is 19.2. The summed E-state index contributed by atoms with van der Waals surface area (Å²) in [4.78, 5) is 20.9. The molecule has 1 N–H and O–H groups in total. The molecule has 0 bridgehead atoms. The lowest BCUT2D eigenvalue weighted by molar-refractivity contribution is -0.144. The molecule has 2 fully saturated rings. The molecule has 0 radical (unpaired) electrons. The minimum Gasteiger partial charge on any atom is -0.481 e. The van der Waals surface area contributed by atoms with E-state index < -0.39 is 5.97 Å². The van der Waals surface area contributed by atoms with Crippen molar-refractivity contribution < 1.29 is 24.2 Å². The number of carboxylic acids is 1. The van der Waals surface area contributed by atoms with Crippen LogP contribution in [0, 0.1) is 5.92 Å². The summed E-state index contributed by atoms with van der Waals surface area (Å²) < 4.78 is 11.8. The number of carboxylic acid groups (broad SMARTS) is 1. The van der Waals surface area contributed by atoms with Crippen LogP contribution >= 0.6 is 0 Å². The number of ketones is 1. The Morgan fingerprint density at radius 3 is 2.54 bits per heavy atom. The molecule has 1 saturated heterocycles. The van der Waals surface area contributed by atoms with Gasteiger partial charge in [-0.25, -0.2) is 0 Å². The molecule has 1 aliphatic carbocycles. The third-order valence-corrected chi connectivity index (χ3v) is 4.76. The highest BCUT2D eigenvalue weighted by Crippen LogP contribution is 2.32. The van der Waals surface area contributed by atoms with Gasteiger partial charge in [0.1, 0.15) is 5.78 Å². The van der Waals surface area contributed by atoms with Gasteiger partial charge in [-0.1, -0.05) is 33.1 Å². The van der Waals surface area contributed by atoms with Gasteiger partial charge < -0.3 is 14.6 Å². The molecule has 1 aliphatic heterocycles. The van der Waals surface area contributed by atoms with Gasteiger partial charge in [-0.3, -0.25) is 9.59 Å². The fraction of sp³-hybridized carbons (Fsp3) is 0.810. The third kappa shape index (κ3) is 9.95. The molecule has 0 aromatic heterocycles. The third-order valence-electron chi connectivity index (χ3n) is 4.76. The summed E-state index contributed by atoms with van der Waals surface area (Å²) in [5.74, 6) is 0.966. The molecule has 0 aromatic rings. The molecule has 2 aliphatic rings. The number of aliphatic carboxylic acids is 1. The maximum atomic E-state index is 11.6. The number of carbonyl (C=O) groups excluding carboxylic acids is 1. The van der Waals surface area contributed by atoms with E-state index in [0.717, 1.165) is 38.0 Å². The van der Waals surface area contributed by atoms with Gasteiger partial charge in [-0.05, 0) is 38.2 Å². The number of rotatable bonds is 9. The molecule has 2 unspecified atom stereocenters. The molecule has 2 atom stereocenters. The van der Waals surface area contributed by atoms with E-state index in [1.165, 1.54) is 32.1 Å². The van der Waals surface area contributed by atoms with Gasteiger partial charge in [0.05, 0.1) is 12.4 Å². The van der Waals surface area contributed by atoms with Crippen molar-refractivity contribution in [3.8, 4) is 0 Å². The first-order chi connectivity index (χ1) is 12.6. The first kappa shape index (κ1) is 22.7. The van der Waals surface area contributed by atoms with Gasteiger partial charge in [0, 0.05) is 31.6 Å². The predicted molar refractivity (Wildman–Crippen MR) is 102 cm³/mol. The molecule has 1 saturated carbocycles. The van der Waals surface area contributed by atoms with Crippen LogP contribution in [0.1, 0.15) is 90.9 Å². The lowest BCUT2D eigenvalue weighted by atomic mass is 10.0. The molecule has 0 amide bonds. The van der Waals surface area contributed by atoms with Crippen LogP contribution in [0.5, 0.6) is 0 Å². The molecule has 2 rings (SSSR count).